The van der Waals surface area contributed by atoms with E-state index in [2.05, 4.69) is 20.8 Å². The SMILES string of the molecule is Cc1noc(-c2ccccc2NC(=O)C2COCCN2)n1. The van der Waals surface area contributed by atoms with E-state index in [1.54, 1.807) is 13.0 Å². The molecule has 2 N–H and O–H groups in total. The number of morpholine rings is 1. The highest BCUT2D eigenvalue weighted by Gasteiger charge is 2.22. The van der Waals surface area contributed by atoms with E-state index in [1.165, 1.54) is 0 Å². The lowest BCUT2D eigenvalue weighted by Crippen LogP contribution is -2.48. The first-order chi connectivity index (χ1) is 10.2. The monoisotopic (exact) mass is 288 g/mol. The van der Waals surface area contributed by atoms with Crippen LogP contribution in [0.4, 0.5) is 5.69 Å². The van der Waals surface area contributed by atoms with Crippen molar-refractivity contribution in [1.82, 2.24) is 15.5 Å². The largest absolute Gasteiger partial charge is 0.378 e. The van der Waals surface area contributed by atoms with Gasteiger partial charge in [-0.2, -0.15) is 4.98 Å². The number of aryl methyl sites for hydroxylation is 1. The quantitative estimate of drug-likeness (QED) is 0.875. The van der Waals surface area contributed by atoms with Gasteiger partial charge in [-0.1, -0.05) is 17.3 Å². The van der Waals surface area contributed by atoms with Crippen LogP contribution >= 0.6 is 0 Å². The molecule has 1 fully saturated rings. The third kappa shape index (κ3) is 3.09. The van der Waals surface area contributed by atoms with E-state index in [0.29, 0.717) is 42.7 Å². The smallest absolute Gasteiger partial charge is 0.260 e. The van der Waals surface area contributed by atoms with E-state index in [1.807, 2.05) is 18.2 Å². The third-order valence-electron chi connectivity index (χ3n) is 3.18. The zero-order chi connectivity index (χ0) is 14.7. The molecule has 2 aromatic rings. The minimum absolute atomic E-state index is 0.140. The number of para-hydroxylation sites is 1. The van der Waals surface area contributed by atoms with Crippen molar-refractivity contribution in [3.8, 4) is 11.5 Å². The first-order valence-electron chi connectivity index (χ1n) is 6.76. The Morgan fingerprint density at radius 3 is 3.00 bits per heavy atom. The molecule has 1 aliphatic rings. The Hall–Kier alpha value is -2.25. The fourth-order valence-corrected chi connectivity index (χ4v) is 2.14. The van der Waals surface area contributed by atoms with Crippen molar-refractivity contribution in [2.24, 2.45) is 0 Å². The molecule has 2 heterocycles. The van der Waals surface area contributed by atoms with Gasteiger partial charge < -0.3 is 19.9 Å². The lowest BCUT2D eigenvalue weighted by Gasteiger charge is -2.23. The number of carbonyl (C=O) groups is 1. The van der Waals surface area contributed by atoms with Crippen LogP contribution in [0.2, 0.25) is 0 Å². The predicted octanol–water partition coefficient (Wildman–Crippen LogP) is 0.972. The van der Waals surface area contributed by atoms with Gasteiger partial charge in [0.15, 0.2) is 5.82 Å². The molecule has 1 aromatic carbocycles. The molecule has 1 aliphatic heterocycles. The van der Waals surface area contributed by atoms with Crippen LogP contribution < -0.4 is 10.6 Å². The molecule has 0 saturated carbocycles. The molecule has 1 saturated heterocycles. The number of benzene rings is 1. The van der Waals surface area contributed by atoms with E-state index < -0.39 is 0 Å². The number of aromatic nitrogens is 2. The zero-order valence-corrected chi connectivity index (χ0v) is 11.6. The Morgan fingerprint density at radius 2 is 2.29 bits per heavy atom. The van der Waals surface area contributed by atoms with Crippen LogP contribution in [0.25, 0.3) is 11.5 Å². The van der Waals surface area contributed by atoms with Gasteiger partial charge in [0.05, 0.1) is 24.5 Å². The standard InChI is InChI=1S/C14H16N4O3/c1-9-16-14(21-18-9)10-4-2-3-5-11(10)17-13(19)12-8-20-7-6-15-12/h2-5,12,15H,6-8H2,1H3,(H,17,19). The number of carbonyl (C=O) groups excluding carboxylic acids is 1. The van der Waals surface area contributed by atoms with Crippen molar-refractivity contribution in [2.45, 2.75) is 13.0 Å². The van der Waals surface area contributed by atoms with Gasteiger partial charge in [0, 0.05) is 6.54 Å². The summed E-state index contributed by atoms with van der Waals surface area (Å²) in [6.07, 6.45) is 0. The average molecular weight is 288 g/mol. The minimum atomic E-state index is -0.351. The van der Waals surface area contributed by atoms with E-state index in [4.69, 9.17) is 9.26 Å². The van der Waals surface area contributed by atoms with Gasteiger partial charge in [0.1, 0.15) is 6.04 Å². The molecule has 1 atom stereocenters. The number of hydrogen-bond donors (Lipinski definition) is 2. The molecular weight excluding hydrogens is 272 g/mol. The molecule has 0 aliphatic carbocycles. The fraction of sp³-hybridized carbons (Fsp3) is 0.357. The number of ether oxygens (including phenoxy) is 1. The summed E-state index contributed by atoms with van der Waals surface area (Å²) in [4.78, 5) is 16.4. The van der Waals surface area contributed by atoms with Gasteiger partial charge in [0.2, 0.25) is 5.91 Å². The van der Waals surface area contributed by atoms with Crippen LogP contribution in [0.1, 0.15) is 5.82 Å². The first kappa shape index (κ1) is 13.7. The molecule has 0 radical (unpaired) electrons. The van der Waals surface area contributed by atoms with E-state index in [-0.39, 0.29) is 11.9 Å². The number of amides is 1. The zero-order valence-electron chi connectivity index (χ0n) is 11.6. The topological polar surface area (TPSA) is 89.3 Å². The van der Waals surface area contributed by atoms with Gasteiger partial charge in [0.25, 0.3) is 5.89 Å². The highest BCUT2D eigenvalue weighted by atomic mass is 16.5. The van der Waals surface area contributed by atoms with Crippen LogP contribution in [0.15, 0.2) is 28.8 Å². The molecule has 0 bridgehead atoms. The Bertz CT molecular complexity index is 635. The Labute approximate surface area is 121 Å². The van der Waals surface area contributed by atoms with Crippen molar-refractivity contribution >= 4 is 11.6 Å². The molecule has 7 nitrogen and oxygen atoms in total. The molecule has 1 aromatic heterocycles. The van der Waals surface area contributed by atoms with E-state index in [0.717, 1.165) is 0 Å². The number of nitrogens with zero attached hydrogens (tertiary/aromatic N) is 2. The van der Waals surface area contributed by atoms with Gasteiger partial charge in [-0.05, 0) is 19.1 Å². The van der Waals surface area contributed by atoms with Crippen molar-refractivity contribution in [3.63, 3.8) is 0 Å². The molecule has 7 heteroatoms. The lowest BCUT2D eigenvalue weighted by molar-refractivity contribution is -0.120. The van der Waals surface area contributed by atoms with Crippen molar-refractivity contribution in [2.75, 3.05) is 25.1 Å². The molecule has 0 spiro atoms. The van der Waals surface area contributed by atoms with E-state index in [9.17, 15) is 4.79 Å². The van der Waals surface area contributed by atoms with Gasteiger partial charge in [-0.15, -0.1) is 0 Å². The summed E-state index contributed by atoms with van der Waals surface area (Å²) in [6.45, 7) is 3.41. The summed E-state index contributed by atoms with van der Waals surface area (Å²) in [5.41, 5.74) is 1.33. The van der Waals surface area contributed by atoms with Crippen LogP contribution in [-0.2, 0) is 9.53 Å². The lowest BCUT2D eigenvalue weighted by atomic mass is 10.1. The molecule has 1 unspecified atom stereocenters. The number of nitrogens with one attached hydrogen (secondary N) is 2. The van der Waals surface area contributed by atoms with Gasteiger partial charge in [-0.25, -0.2) is 0 Å². The highest BCUT2D eigenvalue weighted by Crippen LogP contribution is 2.26. The number of anilines is 1. The van der Waals surface area contributed by atoms with E-state index >= 15 is 0 Å². The summed E-state index contributed by atoms with van der Waals surface area (Å²) in [7, 11) is 0. The Balaban J connectivity index is 1.80. The van der Waals surface area contributed by atoms with Crippen molar-refractivity contribution < 1.29 is 14.1 Å². The summed E-state index contributed by atoms with van der Waals surface area (Å²) in [5.74, 6) is 0.795. The van der Waals surface area contributed by atoms with Crippen molar-refractivity contribution in [3.05, 3.63) is 30.1 Å². The average Bonchev–Trinajstić information content (AvgIpc) is 2.95. The summed E-state index contributed by atoms with van der Waals surface area (Å²) in [6, 6.07) is 6.97. The second-order valence-corrected chi connectivity index (χ2v) is 4.76. The fourth-order valence-electron chi connectivity index (χ4n) is 2.14. The second kappa shape index (κ2) is 6.02. The molecular formula is C14H16N4O3. The van der Waals surface area contributed by atoms with Crippen LogP contribution in [-0.4, -0.2) is 41.8 Å². The Kier molecular flexibility index (Phi) is 3.94. The van der Waals surface area contributed by atoms with Gasteiger partial charge >= 0.3 is 0 Å². The van der Waals surface area contributed by atoms with Gasteiger partial charge in [-0.3, -0.25) is 4.79 Å². The first-order valence-corrected chi connectivity index (χ1v) is 6.76. The molecule has 110 valence electrons. The predicted molar refractivity (Wildman–Crippen MR) is 75.7 cm³/mol. The molecule has 21 heavy (non-hydrogen) atoms. The van der Waals surface area contributed by atoms with Crippen LogP contribution in [0.5, 0.6) is 0 Å². The van der Waals surface area contributed by atoms with Crippen LogP contribution in [0, 0.1) is 6.92 Å². The Morgan fingerprint density at radius 1 is 1.43 bits per heavy atom. The third-order valence-corrected chi connectivity index (χ3v) is 3.18. The normalized spacial score (nSPS) is 18.4. The van der Waals surface area contributed by atoms with Crippen molar-refractivity contribution in [1.29, 1.82) is 0 Å². The molecule has 3 rings (SSSR count). The summed E-state index contributed by atoms with van der Waals surface area (Å²) < 4.78 is 10.5. The molecule has 1 amide bonds. The maximum absolute atomic E-state index is 12.2. The highest BCUT2D eigenvalue weighted by molar-refractivity contribution is 5.98. The van der Waals surface area contributed by atoms with Crippen LogP contribution in [0.3, 0.4) is 0 Å². The summed E-state index contributed by atoms with van der Waals surface area (Å²) >= 11 is 0. The number of hydrogen-bond acceptors (Lipinski definition) is 6. The maximum Gasteiger partial charge on any atom is 0.260 e. The number of rotatable bonds is 3. The summed E-state index contributed by atoms with van der Waals surface area (Å²) in [5, 5.41) is 9.76. The minimum Gasteiger partial charge on any atom is -0.378 e. The maximum atomic E-state index is 12.2. The second-order valence-electron chi connectivity index (χ2n) is 4.76.